The maximum atomic E-state index is 13.3. The summed E-state index contributed by atoms with van der Waals surface area (Å²) in [7, 11) is 0. The van der Waals surface area contributed by atoms with Crippen LogP contribution >= 0.6 is 0 Å². The van der Waals surface area contributed by atoms with Gasteiger partial charge < -0.3 is 15.0 Å². The third-order valence-corrected chi connectivity index (χ3v) is 5.41. The van der Waals surface area contributed by atoms with E-state index in [0.717, 1.165) is 50.8 Å². The quantitative estimate of drug-likeness (QED) is 0.637. The van der Waals surface area contributed by atoms with Gasteiger partial charge in [0.15, 0.2) is 0 Å². The second-order valence-corrected chi connectivity index (χ2v) is 7.57. The second kappa shape index (κ2) is 7.96. The van der Waals surface area contributed by atoms with Crippen LogP contribution in [0.4, 0.5) is 22.0 Å². The highest BCUT2D eigenvalue weighted by atomic mass is 19.1. The first kappa shape index (κ1) is 18.9. The Labute approximate surface area is 173 Å². The molecule has 5 heterocycles. The lowest BCUT2D eigenvalue weighted by Gasteiger charge is -2.47. The molecule has 2 fully saturated rings. The molecular weight excluding hydrogens is 387 g/mol. The second-order valence-electron chi connectivity index (χ2n) is 7.57. The molecule has 5 rings (SSSR count). The summed E-state index contributed by atoms with van der Waals surface area (Å²) in [5.74, 6) is 1.45. The highest BCUT2D eigenvalue weighted by Gasteiger charge is 2.33. The van der Waals surface area contributed by atoms with Crippen molar-refractivity contribution >= 4 is 17.6 Å². The number of rotatable bonds is 5. The predicted molar refractivity (Wildman–Crippen MR) is 110 cm³/mol. The molecule has 3 aromatic rings. The minimum Gasteiger partial charge on any atom is -0.379 e. The molecule has 0 spiro atoms. The third kappa shape index (κ3) is 3.96. The Hall–Kier alpha value is -3.11. The van der Waals surface area contributed by atoms with Crippen molar-refractivity contribution in [3.63, 3.8) is 0 Å². The van der Waals surface area contributed by atoms with E-state index in [4.69, 9.17) is 9.72 Å². The Morgan fingerprint density at radius 1 is 1.13 bits per heavy atom. The Morgan fingerprint density at radius 3 is 2.77 bits per heavy atom. The van der Waals surface area contributed by atoms with Crippen molar-refractivity contribution in [3.8, 4) is 5.69 Å². The minimum atomic E-state index is -0.563. The fourth-order valence-electron chi connectivity index (χ4n) is 3.78. The van der Waals surface area contributed by atoms with Crippen LogP contribution in [0.1, 0.15) is 5.56 Å². The van der Waals surface area contributed by atoms with Gasteiger partial charge in [0, 0.05) is 44.5 Å². The summed E-state index contributed by atoms with van der Waals surface area (Å²) in [6.07, 6.45) is 2.92. The van der Waals surface area contributed by atoms with Crippen molar-refractivity contribution in [1.29, 1.82) is 0 Å². The normalized spacial score (nSPS) is 17.7. The summed E-state index contributed by atoms with van der Waals surface area (Å²) >= 11 is 0. The van der Waals surface area contributed by atoms with Crippen molar-refractivity contribution < 1.29 is 9.13 Å². The number of hydrogen-bond donors (Lipinski definition) is 1. The minimum absolute atomic E-state index is 0.395. The standard InChI is InChI=1S/C20H23FN8O/c1-14-8-18(25-20-23-13-29(26-20)15-2-3-22-17(21)10-15)24-19(9-14)28-11-16(12-28)27-4-6-30-7-5-27/h2-3,8-10,13,16H,4-7,11-12H2,1H3,(H,24,25,26). The van der Waals surface area contributed by atoms with Gasteiger partial charge in [-0.25, -0.2) is 14.6 Å². The molecule has 0 bridgehead atoms. The van der Waals surface area contributed by atoms with Crippen molar-refractivity contribution in [2.75, 3.05) is 49.6 Å². The monoisotopic (exact) mass is 410 g/mol. The molecule has 2 aliphatic heterocycles. The van der Waals surface area contributed by atoms with Gasteiger partial charge in [-0.05, 0) is 30.7 Å². The van der Waals surface area contributed by atoms with E-state index in [0.29, 0.717) is 23.5 Å². The molecule has 0 atom stereocenters. The molecule has 2 saturated heterocycles. The van der Waals surface area contributed by atoms with E-state index in [2.05, 4.69) is 36.2 Å². The molecule has 0 aliphatic carbocycles. The van der Waals surface area contributed by atoms with Gasteiger partial charge in [0.05, 0.1) is 18.9 Å². The van der Waals surface area contributed by atoms with Crippen LogP contribution in [0, 0.1) is 12.9 Å². The van der Waals surface area contributed by atoms with Crippen LogP contribution < -0.4 is 10.2 Å². The number of nitrogens with one attached hydrogen (secondary N) is 1. The van der Waals surface area contributed by atoms with Crippen molar-refractivity contribution in [1.82, 2.24) is 29.6 Å². The van der Waals surface area contributed by atoms with E-state index in [1.807, 2.05) is 13.0 Å². The number of hydrogen-bond acceptors (Lipinski definition) is 8. The zero-order valence-electron chi connectivity index (χ0n) is 16.7. The van der Waals surface area contributed by atoms with Crippen LogP contribution in [-0.2, 0) is 4.74 Å². The van der Waals surface area contributed by atoms with Crippen molar-refractivity contribution in [3.05, 3.63) is 48.3 Å². The van der Waals surface area contributed by atoms with Crippen LogP contribution in [0.2, 0.25) is 0 Å². The Bertz CT molecular complexity index is 1030. The van der Waals surface area contributed by atoms with E-state index in [-0.39, 0.29) is 0 Å². The number of ether oxygens (including phenoxy) is 1. The number of pyridine rings is 2. The molecule has 0 amide bonds. The number of aromatic nitrogens is 5. The largest absolute Gasteiger partial charge is 0.379 e. The summed E-state index contributed by atoms with van der Waals surface area (Å²) < 4.78 is 20.3. The van der Waals surface area contributed by atoms with Crippen LogP contribution in [0.3, 0.4) is 0 Å². The lowest BCUT2D eigenvalue weighted by atomic mass is 10.1. The molecule has 0 aromatic carbocycles. The van der Waals surface area contributed by atoms with Gasteiger partial charge in [-0.15, -0.1) is 5.10 Å². The lowest BCUT2D eigenvalue weighted by Crippen LogP contribution is -2.61. The summed E-state index contributed by atoms with van der Waals surface area (Å²) in [4.78, 5) is 17.3. The van der Waals surface area contributed by atoms with Crippen LogP contribution in [0.5, 0.6) is 0 Å². The summed E-state index contributed by atoms with van der Waals surface area (Å²) in [5.41, 5.74) is 1.66. The zero-order chi connectivity index (χ0) is 20.5. The van der Waals surface area contributed by atoms with Gasteiger partial charge in [0.1, 0.15) is 18.0 Å². The lowest BCUT2D eigenvalue weighted by molar-refractivity contribution is 0.0104. The predicted octanol–water partition coefficient (Wildman–Crippen LogP) is 1.77. The first-order valence-corrected chi connectivity index (χ1v) is 10.00. The highest BCUT2D eigenvalue weighted by Crippen LogP contribution is 2.26. The molecular formula is C20H23FN8O. The molecule has 10 heteroatoms. The molecule has 2 aliphatic rings. The van der Waals surface area contributed by atoms with E-state index in [9.17, 15) is 4.39 Å². The molecule has 0 saturated carbocycles. The van der Waals surface area contributed by atoms with E-state index in [1.165, 1.54) is 23.3 Å². The average Bonchev–Trinajstić information content (AvgIpc) is 3.16. The molecule has 9 nitrogen and oxygen atoms in total. The first-order valence-electron chi connectivity index (χ1n) is 10.00. The van der Waals surface area contributed by atoms with Gasteiger partial charge in [0.2, 0.25) is 11.9 Å². The summed E-state index contributed by atoms with van der Waals surface area (Å²) in [5, 5.41) is 7.51. The molecule has 0 radical (unpaired) electrons. The maximum Gasteiger partial charge on any atom is 0.248 e. The van der Waals surface area contributed by atoms with Gasteiger partial charge in [-0.1, -0.05) is 0 Å². The maximum absolute atomic E-state index is 13.3. The number of morpholine rings is 1. The molecule has 156 valence electrons. The van der Waals surface area contributed by atoms with Gasteiger partial charge >= 0.3 is 0 Å². The first-order chi connectivity index (χ1) is 14.6. The fourth-order valence-corrected chi connectivity index (χ4v) is 3.78. The van der Waals surface area contributed by atoms with E-state index in [1.54, 1.807) is 6.07 Å². The van der Waals surface area contributed by atoms with Gasteiger partial charge in [0.25, 0.3) is 0 Å². The smallest absolute Gasteiger partial charge is 0.248 e. The van der Waals surface area contributed by atoms with E-state index >= 15 is 0 Å². The number of halogens is 1. The Morgan fingerprint density at radius 2 is 1.97 bits per heavy atom. The topological polar surface area (TPSA) is 84.2 Å². The average molecular weight is 410 g/mol. The third-order valence-electron chi connectivity index (χ3n) is 5.41. The van der Waals surface area contributed by atoms with Crippen molar-refractivity contribution in [2.45, 2.75) is 13.0 Å². The molecule has 30 heavy (non-hydrogen) atoms. The number of aryl methyl sites for hydroxylation is 1. The van der Waals surface area contributed by atoms with Gasteiger partial charge in [-0.3, -0.25) is 4.90 Å². The molecule has 1 N–H and O–H groups in total. The van der Waals surface area contributed by atoms with Crippen molar-refractivity contribution in [2.24, 2.45) is 0 Å². The highest BCUT2D eigenvalue weighted by molar-refractivity contribution is 5.56. The molecule has 3 aromatic heterocycles. The fraction of sp³-hybridized carbons (Fsp3) is 0.400. The Balaban J connectivity index is 1.27. The molecule has 0 unspecified atom stereocenters. The zero-order valence-corrected chi connectivity index (χ0v) is 16.7. The SMILES string of the molecule is Cc1cc(Nc2ncn(-c3ccnc(F)c3)n2)nc(N2CC(N3CCOCC3)C2)c1. The number of anilines is 3. The summed E-state index contributed by atoms with van der Waals surface area (Å²) in [6, 6.07) is 7.57. The van der Waals surface area contributed by atoms with Gasteiger partial charge in [-0.2, -0.15) is 9.37 Å². The number of nitrogens with zero attached hydrogens (tertiary/aromatic N) is 7. The van der Waals surface area contributed by atoms with Crippen LogP contribution in [0.15, 0.2) is 36.8 Å². The van der Waals surface area contributed by atoms with Crippen LogP contribution in [-0.4, -0.2) is 75.1 Å². The Kier molecular flexibility index (Phi) is 5.01. The van der Waals surface area contributed by atoms with E-state index < -0.39 is 5.95 Å². The summed E-state index contributed by atoms with van der Waals surface area (Å²) in [6.45, 7) is 7.62. The van der Waals surface area contributed by atoms with Crippen LogP contribution in [0.25, 0.3) is 5.69 Å².